The monoisotopic (exact) mass is 345 g/mol. The Kier molecular flexibility index (Phi) is 4.57. The second-order valence-electron chi connectivity index (χ2n) is 6.95. The van der Waals surface area contributed by atoms with Crippen LogP contribution in [0.15, 0.2) is 66.9 Å². The molecule has 0 aliphatic carbocycles. The maximum absolute atomic E-state index is 13.2. The van der Waals surface area contributed by atoms with Crippen LogP contribution in [0, 0.1) is 6.92 Å². The Bertz CT molecular complexity index is 847. The molecule has 0 spiro atoms. The minimum atomic E-state index is -0.289. The Morgan fingerprint density at radius 3 is 2.31 bits per heavy atom. The highest BCUT2D eigenvalue weighted by Gasteiger charge is 2.27. The lowest BCUT2D eigenvalue weighted by Gasteiger charge is -2.27. The highest BCUT2D eigenvalue weighted by atomic mass is 16.2. The van der Waals surface area contributed by atoms with Gasteiger partial charge in [0.15, 0.2) is 0 Å². The Morgan fingerprint density at radius 2 is 1.69 bits per heavy atom. The van der Waals surface area contributed by atoms with Crippen LogP contribution in [0.5, 0.6) is 0 Å². The second-order valence-corrected chi connectivity index (χ2v) is 6.95. The quantitative estimate of drug-likeness (QED) is 0.787. The van der Waals surface area contributed by atoms with Gasteiger partial charge in [-0.2, -0.15) is 0 Å². The molecule has 0 bridgehead atoms. The highest BCUT2D eigenvalue weighted by molar-refractivity contribution is 5.87. The molecule has 132 valence electrons. The van der Waals surface area contributed by atoms with Gasteiger partial charge in [-0.15, -0.1) is 0 Å². The molecule has 0 radical (unpaired) electrons. The Morgan fingerprint density at radius 1 is 1.08 bits per heavy atom. The first-order valence-electron chi connectivity index (χ1n) is 9.13. The fourth-order valence-electron chi connectivity index (χ4n) is 3.77. The van der Waals surface area contributed by atoms with E-state index in [-0.39, 0.29) is 17.9 Å². The molecule has 2 heterocycles. The van der Waals surface area contributed by atoms with Gasteiger partial charge in [0.05, 0.1) is 11.6 Å². The van der Waals surface area contributed by atoms with Crippen molar-refractivity contribution in [3.63, 3.8) is 0 Å². The molecule has 1 amide bonds. The van der Waals surface area contributed by atoms with E-state index in [9.17, 15) is 4.79 Å². The molecule has 2 aromatic carbocycles. The van der Waals surface area contributed by atoms with Crippen LogP contribution in [0.1, 0.15) is 35.0 Å². The Hall–Kier alpha value is -2.88. The van der Waals surface area contributed by atoms with Crippen molar-refractivity contribution in [1.29, 1.82) is 0 Å². The number of carbonyl (C=O) groups excluding carboxylic acids is 1. The van der Waals surface area contributed by atoms with Crippen molar-refractivity contribution >= 4 is 5.91 Å². The van der Waals surface area contributed by atoms with Gasteiger partial charge >= 0.3 is 0 Å². The molecule has 0 fully saturated rings. The third-order valence-corrected chi connectivity index (χ3v) is 4.99. The predicted octanol–water partition coefficient (Wildman–Crippen LogP) is 3.45. The van der Waals surface area contributed by atoms with E-state index in [1.165, 1.54) is 0 Å². The predicted molar refractivity (Wildman–Crippen MR) is 102 cm³/mol. The van der Waals surface area contributed by atoms with Gasteiger partial charge in [0.1, 0.15) is 5.82 Å². The van der Waals surface area contributed by atoms with Gasteiger partial charge in [0.2, 0.25) is 5.91 Å². The van der Waals surface area contributed by atoms with Crippen LogP contribution >= 0.6 is 0 Å². The van der Waals surface area contributed by atoms with E-state index in [1.807, 2.05) is 67.6 Å². The summed E-state index contributed by atoms with van der Waals surface area (Å²) < 4.78 is 2.17. The summed E-state index contributed by atoms with van der Waals surface area (Å²) in [4.78, 5) is 17.7. The molecular formula is C22H23N3O. The number of nitrogens with one attached hydrogen (secondary N) is 1. The SMILES string of the molecule is Cc1cn2c(n1)CC[C@H](NC(=O)C(c1ccccc1)c1ccccc1)C2. The normalized spacial score (nSPS) is 16.3. The topological polar surface area (TPSA) is 46.9 Å². The number of amides is 1. The molecule has 3 aromatic rings. The summed E-state index contributed by atoms with van der Waals surface area (Å²) in [7, 11) is 0. The van der Waals surface area contributed by atoms with Crippen molar-refractivity contribution in [3.8, 4) is 0 Å². The number of aryl methyl sites for hydroxylation is 2. The summed E-state index contributed by atoms with van der Waals surface area (Å²) in [6.07, 6.45) is 3.90. The van der Waals surface area contributed by atoms with Crippen LogP contribution in [0.4, 0.5) is 0 Å². The van der Waals surface area contributed by atoms with Crippen LogP contribution in [0.2, 0.25) is 0 Å². The van der Waals surface area contributed by atoms with Gasteiger partial charge in [-0.05, 0) is 24.5 Å². The van der Waals surface area contributed by atoms with Crippen molar-refractivity contribution in [2.24, 2.45) is 0 Å². The van der Waals surface area contributed by atoms with Crippen LogP contribution in [0.3, 0.4) is 0 Å². The lowest BCUT2D eigenvalue weighted by Crippen LogP contribution is -2.43. The van der Waals surface area contributed by atoms with Crippen molar-refractivity contribution < 1.29 is 4.79 Å². The van der Waals surface area contributed by atoms with E-state index >= 15 is 0 Å². The minimum absolute atomic E-state index is 0.0627. The zero-order valence-electron chi connectivity index (χ0n) is 14.9. The lowest BCUT2D eigenvalue weighted by molar-refractivity contribution is -0.122. The summed E-state index contributed by atoms with van der Waals surface area (Å²) in [5.74, 6) is 0.895. The number of imidazole rings is 1. The first-order chi connectivity index (χ1) is 12.7. The van der Waals surface area contributed by atoms with E-state index in [4.69, 9.17) is 0 Å². The number of hydrogen-bond donors (Lipinski definition) is 1. The van der Waals surface area contributed by atoms with Gasteiger partial charge in [0, 0.05) is 25.2 Å². The number of aromatic nitrogens is 2. The average Bonchev–Trinajstić information content (AvgIpc) is 3.03. The number of hydrogen-bond acceptors (Lipinski definition) is 2. The molecule has 4 heteroatoms. The van der Waals surface area contributed by atoms with Crippen LogP contribution in [-0.4, -0.2) is 21.5 Å². The first-order valence-corrected chi connectivity index (χ1v) is 9.13. The minimum Gasteiger partial charge on any atom is -0.351 e. The first kappa shape index (κ1) is 16.6. The average molecular weight is 345 g/mol. The maximum atomic E-state index is 13.2. The van der Waals surface area contributed by atoms with Crippen molar-refractivity contribution in [1.82, 2.24) is 14.9 Å². The second kappa shape index (κ2) is 7.16. The number of carbonyl (C=O) groups is 1. The van der Waals surface area contributed by atoms with Gasteiger partial charge < -0.3 is 9.88 Å². The Balaban J connectivity index is 1.56. The molecule has 4 nitrogen and oxygen atoms in total. The highest BCUT2D eigenvalue weighted by Crippen LogP contribution is 2.25. The van der Waals surface area contributed by atoms with Crippen molar-refractivity contribution in [2.75, 3.05) is 0 Å². The molecule has 0 saturated heterocycles. The van der Waals surface area contributed by atoms with E-state index in [0.29, 0.717) is 0 Å². The smallest absolute Gasteiger partial charge is 0.232 e. The van der Waals surface area contributed by atoms with E-state index in [2.05, 4.69) is 21.1 Å². The summed E-state index contributed by atoms with van der Waals surface area (Å²) >= 11 is 0. The van der Waals surface area contributed by atoms with Crippen LogP contribution < -0.4 is 5.32 Å². The largest absolute Gasteiger partial charge is 0.351 e. The molecular weight excluding hydrogens is 322 g/mol. The summed E-state index contributed by atoms with van der Waals surface area (Å²) in [5.41, 5.74) is 3.08. The van der Waals surface area contributed by atoms with E-state index in [0.717, 1.165) is 42.0 Å². The molecule has 1 aliphatic rings. The molecule has 1 atom stereocenters. The standard InChI is InChI=1S/C22H23N3O/c1-16-14-25-15-19(12-13-20(25)23-16)24-22(26)21(17-8-4-2-5-9-17)18-10-6-3-7-11-18/h2-11,14,19,21H,12-13,15H2,1H3,(H,24,26)/t19-/m0/s1. The molecule has 1 aliphatic heterocycles. The number of rotatable bonds is 4. The molecule has 1 aromatic heterocycles. The van der Waals surface area contributed by atoms with E-state index in [1.54, 1.807) is 0 Å². The van der Waals surface area contributed by atoms with Crippen molar-refractivity contribution in [2.45, 2.75) is 38.3 Å². The fourth-order valence-corrected chi connectivity index (χ4v) is 3.77. The van der Waals surface area contributed by atoms with Crippen LogP contribution in [0.25, 0.3) is 0 Å². The van der Waals surface area contributed by atoms with Gasteiger partial charge in [0.25, 0.3) is 0 Å². The van der Waals surface area contributed by atoms with Gasteiger partial charge in [-0.3, -0.25) is 4.79 Å². The molecule has 0 saturated carbocycles. The van der Waals surface area contributed by atoms with Crippen LogP contribution in [-0.2, 0) is 17.8 Å². The zero-order valence-corrected chi connectivity index (χ0v) is 14.9. The zero-order chi connectivity index (χ0) is 17.9. The van der Waals surface area contributed by atoms with Crippen molar-refractivity contribution in [3.05, 3.63) is 89.5 Å². The number of fused-ring (bicyclic) bond motifs is 1. The Labute approximate surface area is 153 Å². The third kappa shape index (κ3) is 3.40. The van der Waals surface area contributed by atoms with Gasteiger partial charge in [-0.25, -0.2) is 4.98 Å². The summed E-state index contributed by atoms with van der Waals surface area (Å²) in [5, 5.41) is 3.28. The van der Waals surface area contributed by atoms with Gasteiger partial charge in [-0.1, -0.05) is 60.7 Å². The van der Waals surface area contributed by atoms with E-state index < -0.39 is 0 Å². The number of benzene rings is 2. The molecule has 0 unspecified atom stereocenters. The fraction of sp³-hybridized carbons (Fsp3) is 0.273. The molecule has 26 heavy (non-hydrogen) atoms. The number of nitrogens with zero attached hydrogens (tertiary/aromatic N) is 2. The third-order valence-electron chi connectivity index (χ3n) is 4.99. The molecule has 1 N–H and O–H groups in total. The lowest BCUT2D eigenvalue weighted by atomic mass is 9.90. The maximum Gasteiger partial charge on any atom is 0.232 e. The summed E-state index contributed by atoms with van der Waals surface area (Å²) in [6, 6.07) is 20.1. The summed E-state index contributed by atoms with van der Waals surface area (Å²) in [6.45, 7) is 2.80. The molecule has 4 rings (SSSR count).